The van der Waals surface area contributed by atoms with E-state index in [1.807, 2.05) is 56.3 Å². The third-order valence-electron chi connectivity index (χ3n) is 5.11. The molecule has 0 unspecified atom stereocenters. The minimum absolute atomic E-state index is 0.0834. The van der Waals surface area contributed by atoms with Gasteiger partial charge in [0.1, 0.15) is 11.5 Å². The molecule has 0 atom stereocenters. The number of nitrogens with one attached hydrogen (secondary N) is 2. The molecule has 30 heavy (non-hydrogen) atoms. The zero-order valence-corrected chi connectivity index (χ0v) is 16.9. The van der Waals surface area contributed by atoms with E-state index in [-0.39, 0.29) is 11.5 Å². The molecular formula is C25H22N2O3. The van der Waals surface area contributed by atoms with Crippen molar-refractivity contribution in [3.8, 4) is 11.5 Å². The monoisotopic (exact) mass is 398 g/mol. The third-order valence-corrected chi connectivity index (χ3v) is 5.11. The Hall–Kier alpha value is -3.86. The predicted octanol–water partition coefficient (Wildman–Crippen LogP) is 5.44. The van der Waals surface area contributed by atoms with E-state index >= 15 is 0 Å². The molecule has 0 aliphatic heterocycles. The molecule has 5 nitrogen and oxygen atoms in total. The molecule has 150 valence electrons. The summed E-state index contributed by atoms with van der Waals surface area (Å²) in [6.45, 7) is 3.92. The summed E-state index contributed by atoms with van der Waals surface area (Å²) < 4.78 is 5.76. The van der Waals surface area contributed by atoms with E-state index in [4.69, 9.17) is 4.74 Å². The number of carbonyl (C=O) groups is 1. The first-order valence-corrected chi connectivity index (χ1v) is 9.85. The molecular weight excluding hydrogens is 376 g/mol. The molecule has 4 rings (SSSR count). The molecule has 3 aromatic carbocycles. The number of aromatic amines is 1. The first-order chi connectivity index (χ1) is 14.5. The van der Waals surface area contributed by atoms with Crippen LogP contribution in [0.3, 0.4) is 0 Å². The summed E-state index contributed by atoms with van der Waals surface area (Å²) in [4.78, 5) is 27.8. The van der Waals surface area contributed by atoms with Crippen molar-refractivity contribution in [1.29, 1.82) is 0 Å². The Balaban J connectivity index is 1.52. The number of pyridine rings is 1. The largest absolute Gasteiger partial charge is 0.457 e. The van der Waals surface area contributed by atoms with Crippen LogP contribution in [0.4, 0.5) is 5.69 Å². The van der Waals surface area contributed by atoms with Gasteiger partial charge < -0.3 is 15.0 Å². The lowest BCUT2D eigenvalue weighted by Gasteiger charge is -2.10. The molecule has 0 aliphatic rings. The summed E-state index contributed by atoms with van der Waals surface area (Å²) in [6, 6.07) is 22.0. The Morgan fingerprint density at radius 2 is 1.67 bits per heavy atom. The zero-order chi connectivity index (χ0) is 21.1. The van der Waals surface area contributed by atoms with Gasteiger partial charge in [-0.3, -0.25) is 9.59 Å². The molecule has 0 spiro atoms. The average Bonchev–Trinajstić information content (AvgIpc) is 2.75. The van der Waals surface area contributed by atoms with Gasteiger partial charge in [-0.15, -0.1) is 0 Å². The third kappa shape index (κ3) is 3.96. The van der Waals surface area contributed by atoms with E-state index in [2.05, 4.69) is 10.3 Å². The molecule has 0 bridgehead atoms. The Labute approximate surface area is 174 Å². The summed E-state index contributed by atoms with van der Waals surface area (Å²) in [7, 11) is 0. The molecule has 1 heterocycles. The van der Waals surface area contributed by atoms with E-state index in [9.17, 15) is 9.59 Å². The van der Waals surface area contributed by atoms with Crippen LogP contribution in [0, 0.1) is 6.92 Å². The highest BCUT2D eigenvalue weighted by molar-refractivity contribution is 6.05. The maximum atomic E-state index is 12.6. The van der Waals surface area contributed by atoms with Gasteiger partial charge >= 0.3 is 0 Å². The Morgan fingerprint density at radius 3 is 2.37 bits per heavy atom. The van der Waals surface area contributed by atoms with Crippen LogP contribution >= 0.6 is 0 Å². The highest BCUT2D eigenvalue weighted by atomic mass is 16.5. The lowest BCUT2D eigenvalue weighted by molar-refractivity contribution is 0.102. The molecule has 0 saturated carbocycles. The molecule has 1 aromatic heterocycles. The number of para-hydroxylation sites is 1. The topological polar surface area (TPSA) is 71.2 Å². The highest BCUT2D eigenvalue weighted by Gasteiger charge is 2.10. The Bertz CT molecular complexity index is 1260. The molecule has 0 aliphatic carbocycles. The second kappa shape index (κ2) is 8.25. The number of fused-ring (bicyclic) bond motifs is 1. The standard InChI is InChI=1S/C25H22N2O3/c1-3-21-16(2)22-14-11-18(15-23(22)27-25(21)29)26-24(28)17-9-12-20(13-10-17)30-19-7-5-4-6-8-19/h4-15H,3H2,1-2H3,(H,26,28)(H,27,29). The Morgan fingerprint density at radius 1 is 0.967 bits per heavy atom. The number of hydrogen-bond donors (Lipinski definition) is 2. The van der Waals surface area contributed by atoms with Crippen molar-refractivity contribution < 1.29 is 9.53 Å². The van der Waals surface area contributed by atoms with Crippen LogP contribution in [0.15, 0.2) is 77.6 Å². The fourth-order valence-electron chi connectivity index (χ4n) is 3.51. The van der Waals surface area contributed by atoms with Crippen molar-refractivity contribution in [3.05, 3.63) is 99.8 Å². The summed E-state index contributed by atoms with van der Waals surface area (Å²) >= 11 is 0. The second-order valence-electron chi connectivity index (χ2n) is 7.07. The fourth-order valence-corrected chi connectivity index (χ4v) is 3.51. The van der Waals surface area contributed by atoms with Crippen molar-refractivity contribution in [2.45, 2.75) is 20.3 Å². The highest BCUT2D eigenvalue weighted by Crippen LogP contribution is 2.23. The number of aryl methyl sites for hydroxylation is 1. The van der Waals surface area contributed by atoms with Gasteiger partial charge in [0.25, 0.3) is 11.5 Å². The number of aromatic nitrogens is 1. The number of amides is 1. The van der Waals surface area contributed by atoms with Crippen molar-refractivity contribution in [3.63, 3.8) is 0 Å². The SMILES string of the molecule is CCc1c(C)c2ccc(NC(=O)c3ccc(Oc4ccccc4)cc3)cc2[nH]c1=O. The van der Waals surface area contributed by atoms with Gasteiger partial charge in [-0.2, -0.15) is 0 Å². The lowest BCUT2D eigenvalue weighted by Crippen LogP contribution is -2.15. The summed E-state index contributed by atoms with van der Waals surface area (Å²) in [5.74, 6) is 1.16. The first-order valence-electron chi connectivity index (χ1n) is 9.85. The van der Waals surface area contributed by atoms with Crippen LogP contribution in [0.5, 0.6) is 11.5 Å². The second-order valence-corrected chi connectivity index (χ2v) is 7.07. The predicted molar refractivity (Wildman–Crippen MR) is 120 cm³/mol. The van der Waals surface area contributed by atoms with Crippen molar-refractivity contribution in [2.24, 2.45) is 0 Å². The van der Waals surface area contributed by atoms with Gasteiger partial charge in [-0.05, 0) is 67.4 Å². The van der Waals surface area contributed by atoms with E-state index in [0.717, 1.165) is 22.3 Å². The number of anilines is 1. The van der Waals surface area contributed by atoms with Crippen molar-refractivity contribution in [1.82, 2.24) is 4.98 Å². The zero-order valence-electron chi connectivity index (χ0n) is 16.9. The number of ether oxygens (including phenoxy) is 1. The van der Waals surface area contributed by atoms with Gasteiger partial charge in [0, 0.05) is 22.2 Å². The lowest BCUT2D eigenvalue weighted by atomic mass is 10.0. The number of rotatable bonds is 5. The van der Waals surface area contributed by atoms with Crippen LogP contribution in [0.2, 0.25) is 0 Å². The fraction of sp³-hybridized carbons (Fsp3) is 0.120. The molecule has 1 amide bonds. The average molecular weight is 398 g/mol. The van der Waals surface area contributed by atoms with Gasteiger partial charge in [-0.25, -0.2) is 0 Å². The smallest absolute Gasteiger partial charge is 0.255 e. The van der Waals surface area contributed by atoms with Crippen LogP contribution < -0.4 is 15.6 Å². The number of H-pyrrole nitrogens is 1. The van der Waals surface area contributed by atoms with Crippen LogP contribution in [-0.2, 0) is 6.42 Å². The quantitative estimate of drug-likeness (QED) is 0.470. The normalized spacial score (nSPS) is 10.7. The van der Waals surface area contributed by atoms with Gasteiger partial charge in [-0.1, -0.05) is 31.2 Å². The number of carbonyl (C=O) groups excluding carboxylic acids is 1. The minimum Gasteiger partial charge on any atom is -0.457 e. The van der Waals surface area contributed by atoms with Gasteiger partial charge in [0.2, 0.25) is 0 Å². The van der Waals surface area contributed by atoms with Gasteiger partial charge in [0.15, 0.2) is 0 Å². The minimum atomic E-state index is -0.232. The van der Waals surface area contributed by atoms with Crippen LogP contribution in [-0.4, -0.2) is 10.9 Å². The molecule has 0 radical (unpaired) electrons. The van der Waals surface area contributed by atoms with Crippen LogP contribution in [0.1, 0.15) is 28.4 Å². The molecule has 2 N–H and O–H groups in total. The Kier molecular flexibility index (Phi) is 5.35. The molecule has 0 saturated heterocycles. The maximum absolute atomic E-state index is 12.6. The van der Waals surface area contributed by atoms with E-state index in [0.29, 0.717) is 28.9 Å². The number of hydrogen-bond acceptors (Lipinski definition) is 3. The van der Waals surface area contributed by atoms with E-state index < -0.39 is 0 Å². The summed E-state index contributed by atoms with van der Waals surface area (Å²) in [6.07, 6.45) is 0.680. The van der Waals surface area contributed by atoms with Crippen molar-refractivity contribution >= 4 is 22.5 Å². The molecule has 4 aromatic rings. The van der Waals surface area contributed by atoms with Crippen LogP contribution in [0.25, 0.3) is 10.9 Å². The van der Waals surface area contributed by atoms with Gasteiger partial charge in [0.05, 0.1) is 5.52 Å². The molecule has 0 fully saturated rings. The van der Waals surface area contributed by atoms with E-state index in [1.54, 1.807) is 30.3 Å². The van der Waals surface area contributed by atoms with E-state index in [1.165, 1.54) is 0 Å². The molecule has 5 heteroatoms. The number of benzene rings is 3. The summed E-state index contributed by atoms with van der Waals surface area (Å²) in [5.41, 5.74) is 3.53. The maximum Gasteiger partial charge on any atom is 0.255 e. The summed E-state index contributed by atoms with van der Waals surface area (Å²) in [5, 5.41) is 3.86. The van der Waals surface area contributed by atoms with Crippen molar-refractivity contribution in [2.75, 3.05) is 5.32 Å². The first kappa shape index (κ1) is 19.5.